The molecule has 2 heterocycles. The van der Waals surface area contributed by atoms with E-state index in [1.54, 1.807) is 0 Å². The maximum atomic E-state index is 8.36. The number of hydrazine groups is 1. The molecule has 2 unspecified atom stereocenters. The minimum Gasteiger partial charge on any atom is -0.486 e. The minimum atomic E-state index is -1.50. The van der Waals surface area contributed by atoms with Gasteiger partial charge in [-0.2, -0.15) is 0 Å². The van der Waals surface area contributed by atoms with Gasteiger partial charge in [-0.3, -0.25) is 5.43 Å². The molecule has 0 spiro atoms. The zero-order valence-corrected chi connectivity index (χ0v) is 10.2. The van der Waals surface area contributed by atoms with Crippen LogP contribution in [0.3, 0.4) is 0 Å². The van der Waals surface area contributed by atoms with E-state index in [1.165, 1.54) is 0 Å². The van der Waals surface area contributed by atoms with Gasteiger partial charge in [-0.15, -0.1) is 10.1 Å². The van der Waals surface area contributed by atoms with Gasteiger partial charge in [-0.05, 0) is 12.1 Å². The van der Waals surface area contributed by atoms with Crippen LogP contribution in [0.25, 0.3) is 0 Å². The van der Waals surface area contributed by atoms with Gasteiger partial charge in [0, 0.05) is 0 Å². The summed E-state index contributed by atoms with van der Waals surface area (Å²) < 4.78 is 11.4. The molecule has 10 heteroatoms. The van der Waals surface area contributed by atoms with Crippen molar-refractivity contribution in [2.45, 2.75) is 12.3 Å². The van der Waals surface area contributed by atoms with E-state index < -0.39 is 5.09 Å². The normalized spacial score (nSPS) is 22.9. The number of rotatable bonds is 1. The molecule has 5 N–H and O–H groups in total. The van der Waals surface area contributed by atoms with E-state index in [4.69, 9.17) is 30.5 Å². The first-order valence-corrected chi connectivity index (χ1v) is 5.63. The predicted molar refractivity (Wildman–Crippen MR) is 66.8 cm³/mol. The van der Waals surface area contributed by atoms with E-state index in [9.17, 15) is 0 Å². The maximum Gasteiger partial charge on any atom is 0.291 e. The molecule has 2 aliphatic heterocycles. The molecule has 2 atom stereocenters. The lowest BCUT2D eigenvalue weighted by atomic mass is 10.2. The third-order valence-corrected chi connectivity index (χ3v) is 2.51. The van der Waals surface area contributed by atoms with Crippen LogP contribution < -0.4 is 26.1 Å². The second kappa shape index (κ2) is 5.93. The first kappa shape index (κ1) is 13.7. The monoisotopic (exact) mass is 283 g/mol. The van der Waals surface area contributed by atoms with Crippen molar-refractivity contribution in [1.29, 1.82) is 0 Å². The number of para-hydroxylation sites is 2. The topological polar surface area (TPSA) is 144 Å². The van der Waals surface area contributed by atoms with Crippen LogP contribution in [-0.4, -0.2) is 35.1 Å². The van der Waals surface area contributed by atoms with Gasteiger partial charge in [0.05, 0.1) is 0 Å². The largest absolute Gasteiger partial charge is 0.486 e. The van der Waals surface area contributed by atoms with Crippen molar-refractivity contribution < 1.29 is 19.8 Å². The van der Waals surface area contributed by atoms with Crippen LogP contribution in [0, 0.1) is 10.1 Å². The smallest absolute Gasteiger partial charge is 0.291 e. The summed E-state index contributed by atoms with van der Waals surface area (Å²) in [6.07, 6.45) is -0.392. The van der Waals surface area contributed by atoms with Crippen molar-refractivity contribution in [1.82, 2.24) is 10.9 Å². The number of nitrogens with two attached hydrogens (primary N) is 1. The third kappa shape index (κ3) is 3.38. The average molecular weight is 283 g/mol. The standard InChI is InChI=1S/C10H12N4O2.HNO3/c11-10-12-9(13-14-10)8-5-15-6-3-1-2-4-7(6)16-8;2-1(3)4/h1-4,8-9,13H,5H2,(H3,11,12,14);(H,2,3,4). The number of fused-ring (bicyclic) bond motifs is 1. The number of guanidine groups is 1. The molecular weight excluding hydrogens is 270 g/mol. The van der Waals surface area contributed by atoms with E-state index in [0.29, 0.717) is 12.6 Å². The van der Waals surface area contributed by atoms with Crippen LogP contribution in [0.4, 0.5) is 0 Å². The molecule has 0 saturated heterocycles. The summed E-state index contributed by atoms with van der Waals surface area (Å²) in [7, 11) is 0. The molecule has 2 aliphatic rings. The van der Waals surface area contributed by atoms with Gasteiger partial charge in [-0.25, -0.2) is 10.4 Å². The van der Waals surface area contributed by atoms with Gasteiger partial charge in [-0.1, -0.05) is 12.1 Å². The van der Waals surface area contributed by atoms with Crippen molar-refractivity contribution in [3.63, 3.8) is 0 Å². The van der Waals surface area contributed by atoms with Crippen LogP contribution in [0.5, 0.6) is 11.5 Å². The summed E-state index contributed by atoms with van der Waals surface area (Å²) in [4.78, 5) is 12.5. The molecule has 1 aromatic carbocycles. The van der Waals surface area contributed by atoms with Crippen molar-refractivity contribution in [3.8, 4) is 11.5 Å². The van der Waals surface area contributed by atoms with Crippen molar-refractivity contribution in [2.24, 2.45) is 10.7 Å². The highest BCUT2D eigenvalue weighted by atomic mass is 16.9. The maximum absolute atomic E-state index is 8.36. The first-order chi connectivity index (χ1) is 9.56. The van der Waals surface area contributed by atoms with Crippen LogP contribution >= 0.6 is 0 Å². The molecule has 20 heavy (non-hydrogen) atoms. The van der Waals surface area contributed by atoms with Crippen molar-refractivity contribution >= 4 is 5.96 Å². The van der Waals surface area contributed by atoms with Crippen LogP contribution in [0.2, 0.25) is 0 Å². The molecule has 0 amide bonds. The van der Waals surface area contributed by atoms with E-state index in [1.807, 2.05) is 24.3 Å². The van der Waals surface area contributed by atoms with Gasteiger partial charge >= 0.3 is 0 Å². The Hall–Kier alpha value is -2.75. The Kier molecular flexibility index (Phi) is 4.05. The summed E-state index contributed by atoms with van der Waals surface area (Å²) in [5.41, 5.74) is 11.2. The molecule has 0 fully saturated rings. The molecule has 10 nitrogen and oxygen atoms in total. The summed E-state index contributed by atoms with van der Waals surface area (Å²) in [6, 6.07) is 7.57. The summed E-state index contributed by atoms with van der Waals surface area (Å²) >= 11 is 0. The number of aliphatic imine (C=N–C) groups is 1. The highest BCUT2D eigenvalue weighted by molar-refractivity contribution is 5.78. The fraction of sp³-hybridized carbons (Fsp3) is 0.300. The van der Waals surface area contributed by atoms with Crippen LogP contribution in [-0.2, 0) is 0 Å². The molecule has 0 aliphatic carbocycles. The van der Waals surface area contributed by atoms with Gasteiger partial charge in [0.15, 0.2) is 23.8 Å². The highest BCUT2D eigenvalue weighted by Gasteiger charge is 2.31. The van der Waals surface area contributed by atoms with Crippen LogP contribution in [0.1, 0.15) is 0 Å². The Bertz CT molecular complexity index is 519. The van der Waals surface area contributed by atoms with E-state index in [-0.39, 0.29) is 12.3 Å². The fourth-order valence-corrected chi connectivity index (χ4v) is 1.73. The molecule has 108 valence electrons. The highest BCUT2D eigenvalue weighted by Crippen LogP contribution is 2.31. The number of hydrogen-bond acceptors (Lipinski definition) is 8. The summed E-state index contributed by atoms with van der Waals surface area (Å²) in [5, 5.41) is 13.6. The fourth-order valence-electron chi connectivity index (χ4n) is 1.73. The van der Waals surface area contributed by atoms with Gasteiger partial charge in [0.1, 0.15) is 6.61 Å². The molecule has 0 radical (unpaired) electrons. The Morgan fingerprint density at radius 1 is 1.45 bits per heavy atom. The Morgan fingerprint density at radius 2 is 2.10 bits per heavy atom. The van der Waals surface area contributed by atoms with Gasteiger partial charge < -0.3 is 20.4 Å². The Balaban J connectivity index is 0.000000328. The quantitative estimate of drug-likeness (QED) is 0.388. The summed E-state index contributed by atoms with van der Waals surface area (Å²) in [6.45, 7) is 0.452. The zero-order valence-electron chi connectivity index (χ0n) is 10.2. The Labute approximate surface area is 113 Å². The molecule has 0 saturated carbocycles. The SMILES string of the molecule is NC1=NC(C2COc3ccccc3O2)NN1.O=[N+]([O-])O. The number of nitrogens with one attached hydrogen (secondary N) is 2. The number of ether oxygens (including phenoxy) is 2. The van der Waals surface area contributed by atoms with Crippen LogP contribution in [0.15, 0.2) is 29.3 Å². The second-order valence-electron chi connectivity index (χ2n) is 3.88. The van der Waals surface area contributed by atoms with E-state index >= 15 is 0 Å². The lowest BCUT2D eigenvalue weighted by Crippen LogP contribution is -2.48. The predicted octanol–water partition coefficient (Wildman–Crippen LogP) is -0.773. The van der Waals surface area contributed by atoms with E-state index in [2.05, 4.69) is 15.8 Å². The van der Waals surface area contributed by atoms with Crippen molar-refractivity contribution in [3.05, 3.63) is 34.4 Å². The number of hydrogen-bond donors (Lipinski definition) is 4. The third-order valence-electron chi connectivity index (χ3n) is 2.51. The lowest BCUT2D eigenvalue weighted by Gasteiger charge is -2.28. The molecule has 3 rings (SSSR count). The lowest BCUT2D eigenvalue weighted by molar-refractivity contribution is -0.742. The van der Waals surface area contributed by atoms with Crippen molar-refractivity contribution in [2.75, 3.05) is 6.61 Å². The second-order valence-corrected chi connectivity index (χ2v) is 3.88. The average Bonchev–Trinajstić information content (AvgIpc) is 2.84. The van der Waals surface area contributed by atoms with E-state index in [0.717, 1.165) is 11.5 Å². The number of nitrogens with zero attached hydrogens (tertiary/aromatic N) is 2. The molecular formula is C10H13N5O5. The molecule has 0 aromatic heterocycles. The number of benzene rings is 1. The molecule has 0 bridgehead atoms. The zero-order chi connectivity index (χ0) is 14.5. The molecule has 1 aromatic rings. The van der Waals surface area contributed by atoms with Gasteiger partial charge in [0.25, 0.3) is 5.09 Å². The minimum absolute atomic E-state index is 0.177. The Morgan fingerprint density at radius 3 is 2.70 bits per heavy atom. The first-order valence-electron chi connectivity index (χ1n) is 5.63. The van der Waals surface area contributed by atoms with Gasteiger partial charge in [0.2, 0.25) is 5.96 Å². The summed E-state index contributed by atoms with van der Waals surface area (Å²) in [5.74, 6) is 1.87.